The lowest BCUT2D eigenvalue weighted by Gasteiger charge is -2.27. The molecule has 2 aliphatic heterocycles. The highest BCUT2D eigenvalue weighted by atomic mass is 35.5. The van der Waals surface area contributed by atoms with E-state index in [1.54, 1.807) is 42.5 Å². The first-order chi connectivity index (χ1) is 16.4. The Bertz CT molecular complexity index is 1390. The molecule has 168 valence electrons. The third kappa shape index (κ3) is 2.53. The minimum atomic E-state index is -2.15. The predicted octanol–water partition coefficient (Wildman–Crippen LogP) is 4.17. The minimum absolute atomic E-state index is 0.0631. The molecule has 34 heavy (non-hydrogen) atoms. The molecule has 3 aromatic rings. The fourth-order valence-corrected chi connectivity index (χ4v) is 5.51. The van der Waals surface area contributed by atoms with E-state index in [9.17, 15) is 23.6 Å². The monoisotopic (exact) mass is 475 g/mol. The molecule has 1 aliphatic carbocycles. The van der Waals surface area contributed by atoms with Crippen molar-refractivity contribution in [1.82, 2.24) is 0 Å². The average molecular weight is 476 g/mol. The molecule has 6 nitrogen and oxygen atoms in total. The zero-order valence-corrected chi connectivity index (χ0v) is 18.2. The molecule has 2 saturated heterocycles. The first kappa shape index (κ1) is 20.9. The number of Topliss-reactive ketones (excluding diaryl/α,β-unsaturated/α-hetero) is 2. The van der Waals surface area contributed by atoms with Gasteiger partial charge in [0.1, 0.15) is 5.82 Å². The van der Waals surface area contributed by atoms with Gasteiger partial charge in [-0.3, -0.25) is 19.2 Å². The van der Waals surface area contributed by atoms with E-state index in [4.69, 9.17) is 16.3 Å². The van der Waals surface area contributed by atoms with Gasteiger partial charge in [-0.2, -0.15) is 0 Å². The minimum Gasteiger partial charge on any atom is -0.349 e. The molecule has 8 heteroatoms. The summed E-state index contributed by atoms with van der Waals surface area (Å²) in [4.78, 5) is 55.6. The number of rotatable bonds is 2. The Balaban J connectivity index is 1.55. The maximum absolute atomic E-state index is 13.8. The van der Waals surface area contributed by atoms with Gasteiger partial charge in [-0.05, 0) is 23.8 Å². The van der Waals surface area contributed by atoms with Crippen LogP contribution in [0.3, 0.4) is 0 Å². The molecule has 3 aliphatic rings. The first-order valence-corrected chi connectivity index (χ1v) is 11.0. The van der Waals surface area contributed by atoms with Crippen molar-refractivity contribution in [1.29, 1.82) is 0 Å². The standard InChI is InChI=1S/C26H15ClFNO5/c27-17-12-14(10-11-18(17)28)29-24(32)19-20(25(29)33)26(34-21(19)13-6-2-1-3-7-13)22(30)15-8-4-5-9-16(15)23(26)31/h1-12,19-21H/t19-,20+,21+/m1/s1. The van der Waals surface area contributed by atoms with Crippen LogP contribution in [-0.2, 0) is 14.3 Å². The third-order valence-electron chi connectivity index (χ3n) is 6.81. The van der Waals surface area contributed by atoms with Gasteiger partial charge < -0.3 is 4.74 Å². The highest BCUT2D eigenvalue weighted by Gasteiger charge is 2.74. The van der Waals surface area contributed by atoms with Crippen LogP contribution in [0.1, 0.15) is 32.4 Å². The van der Waals surface area contributed by atoms with E-state index in [-0.39, 0.29) is 21.8 Å². The van der Waals surface area contributed by atoms with Gasteiger partial charge in [-0.1, -0.05) is 66.2 Å². The number of ketones is 2. The number of nitrogens with zero attached hydrogens (tertiary/aromatic N) is 1. The summed E-state index contributed by atoms with van der Waals surface area (Å²) >= 11 is 5.90. The fourth-order valence-electron chi connectivity index (χ4n) is 5.34. The Labute approximate surface area is 197 Å². The molecular formula is C26H15ClFNO5. The van der Waals surface area contributed by atoms with Crippen molar-refractivity contribution >= 4 is 40.7 Å². The van der Waals surface area contributed by atoms with Crippen molar-refractivity contribution < 1.29 is 28.3 Å². The Morgan fingerprint density at radius 2 is 1.44 bits per heavy atom. The highest BCUT2D eigenvalue weighted by molar-refractivity contribution is 6.37. The lowest BCUT2D eigenvalue weighted by atomic mass is 9.77. The molecule has 0 aromatic heterocycles. The number of fused-ring (bicyclic) bond motifs is 3. The van der Waals surface area contributed by atoms with Crippen LogP contribution in [0.4, 0.5) is 10.1 Å². The molecule has 3 atom stereocenters. The number of hydrogen-bond acceptors (Lipinski definition) is 5. The number of hydrogen-bond donors (Lipinski definition) is 0. The van der Waals surface area contributed by atoms with Gasteiger partial charge in [0.05, 0.1) is 28.6 Å². The van der Waals surface area contributed by atoms with Crippen LogP contribution >= 0.6 is 11.6 Å². The molecule has 0 radical (unpaired) electrons. The topological polar surface area (TPSA) is 80.8 Å². The largest absolute Gasteiger partial charge is 0.349 e. The van der Waals surface area contributed by atoms with Gasteiger partial charge in [0.25, 0.3) is 0 Å². The molecule has 0 saturated carbocycles. The molecule has 6 rings (SSSR count). The van der Waals surface area contributed by atoms with E-state index in [2.05, 4.69) is 0 Å². The SMILES string of the molecule is O=C1[C@@H]2[C@@H](C(=O)N1c1ccc(F)c(Cl)c1)C1(O[C@H]2c2ccccc2)C(=O)c2ccccc2C1=O. The van der Waals surface area contributed by atoms with Crippen molar-refractivity contribution in [2.24, 2.45) is 11.8 Å². The van der Waals surface area contributed by atoms with Crippen LogP contribution in [0.25, 0.3) is 0 Å². The predicted molar refractivity (Wildman–Crippen MR) is 119 cm³/mol. The Hall–Kier alpha value is -3.68. The third-order valence-corrected chi connectivity index (χ3v) is 7.10. The van der Waals surface area contributed by atoms with Gasteiger partial charge in [-0.25, -0.2) is 9.29 Å². The van der Waals surface area contributed by atoms with Crippen LogP contribution in [-0.4, -0.2) is 29.0 Å². The molecule has 2 amide bonds. The van der Waals surface area contributed by atoms with Gasteiger partial charge in [-0.15, -0.1) is 0 Å². The second kappa shape index (κ2) is 7.16. The summed E-state index contributed by atoms with van der Waals surface area (Å²) in [5.74, 6) is -5.88. The van der Waals surface area contributed by atoms with Crippen LogP contribution in [0.2, 0.25) is 5.02 Å². The zero-order chi connectivity index (χ0) is 23.8. The van der Waals surface area contributed by atoms with E-state index < -0.39 is 52.7 Å². The number of ether oxygens (including phenoxy) is 1. The summed E-state index contributed by atoms with van der Waals surface area (Å²) in [6.45, 7) is 0. The number of imide groups is 1. The van der Waals surface area contributed by atoms with Crippen LogP contribution in [0, 0.1) is 17.7 Å². The summed E-state index contributed by atoms with van der Waals surface area (Å²) in [5.41, 5.74) is -1.22. The van der Waals surface area contributed by atoms with Gasteiger partial charge in [0.15, 0.2) is 0 Å². The maximum Gasteiger partial charge on any atom is 0.241 e. The van der Waals surface area contributed by atoms with E-state index in [0.29, 0.717) is 5.56 Å². The lowest BCUT2D eigenvalue weighted by Crippen LogP contribution is -2.51. The molecule has 2 fully saturated rings. The summed E-state index contributed by atoms with van der Waals surface area (Å²) in [5, 5.41) is -0.263. The normalized spacial score (nSPS) is 24.8. The van der Waals surface area contributed by atoms with Crippen LogP contribution < -0.4 is 4.90 Å². The number of carbonyl (C=O) groups excluding carboxylic acids is 4. The van der Waals surface area contributed by atoms with E-state index in [1.807, 2.05) is 0 Å². The first-order valence-electron chi connectivity index (χ1n) is 10.6. The van der Waals surface area contributed by atoms with Crippen LogP contribution in [0.5, 0.6) is 0 Å². The summed E-state index contributed by atoms with van der Waals surface area (Å²) in [6, 6.07) is 18.4. The molecule has 1 spiro atoms. The van der Waals surface area contributed by atoms with Gasteiger partial charge in [0, 0.05) is 11.1 Å². The zero-order valence-electron chi connectivity index (χ0n) is 17.4. The highest BCUT2D eigenvalue weighted by Crippen LogP contribution is 2.57. The summed E-state index contributed by atoms with van der Waals surface area (Å²) in [7, 11) is 0. The van der Waals surface area contributed by atoms with Gasteiger partial charge >= 0.3 is 0 Å². The number of anilines is 1. The molecular weight excluding hydrogens is 461 g/mol. The quantitative estimate of drug-likeness (QED) is 0.410. The smallest absolute Gasteiger partial charge is 0.241 e. The average Bonchev–Trinajstić information content (AvgIpc) is 3.42. The second-order valence-corrected chi connectivity index (χ2v) is 8.91. The van der Waals surface area contributed by atoms with E-state index in [0.717, 1.165) is 11.0 Å². The van der Waals surface area contributed by atoms with Crippen molar-refractivity contribution in [3.8, 4) is 0 Å². The molecule has 2 heterocycles. The maximum atomic E-state index is 13.8. The molecule has 0 unspecified atom stereocenters. The van der Waals surface area contributed by atoms with Crippen molar-refractivity contribution in [2.75, 3.05) is 4.90 Å². The Morgan fingerprint density at radius 1 is 0.824 bits per heavy atom. The molecule has 0 N–H and O–H groups in total. The number of carbonyl (C=O) groups is 4. The number of amides is 2. The number of benzene rings is 3. The Morgan fingerprint density at radius 3 is 2.06 bits per heavy atom. The lowest BCUT2D eigenvalue weighted by molar-refractivity contribution is -0.127. The summed E-state index contributed by atoms with van der Waals surface area (Å²) in [6.07, 6.45) is -1.01. The summed E-state index contributed by atoms with van der Waals surface area (Å²) < 4.78 is 19.9. The second-order valence-electron chi connectivity index (χ2n) is 8.50. The number of halogens is 2. The van der Waals surface area contributed by atoms with Crippen molar-refractivity contribution in [2.45, 2.75) is 11.7 Å². The molecule has 3 aromatic carbocycles. The van der Waals surface area contributed by atoms with E-state index in [1.165, 1.54) is 24.3 Å². The van der Waals surface area contributed by atoms with Crippen molar-refractivity contribution in [3.05, 3.63) is 100 Å². The van der Waals surface area contributed by atoms with Gasteiger partial charge in [0.2, 0.25) is 29.0 Å². The van der Waals surface area contributed by atoms with Crippen molar-refractivity contribution in [3.63, 3.8) is 0 Å². The Kier molecular flexibility index (Phi) is 4.40. The van der Waals surface area contributed by atoms with E-state index >= 15 is 0 Å². The van der Waals surface area contributed by atoms with Crippen LogP contribution in [0.15, 0.2) is 72.8 Å². The fraction of sp³-hybridized carbons (Fsp3) is 0.154. The molecule has 0 bridgehead atoms.